The van der Waals surface area contributed by atoms with Crippen molar-refractivity contribution in [1.82, 2.24) is 8.61 Å². The van der Waals surface area contributed by atoms with E-state index in [0.717, 1.165) is 16.2 Å². The Morgan fingerprint density at radius 3 is 2.26 bits per heavy atom. The van der Waals surface area contributed by atoms with Crippen LogP contribution in [0.4, 0.5) is 17.6 Å². The maximum absolute atomic E-state index is 14.5. The summed E-state index contributed by atoms with van der Waals surface area (Å²) >= 11 is 1.09. The molecule has 0 saturated carbocycles. The number of morpholine rings is 1. The van der Waals surface area contributed by atoms with Crippen LogP contribution in [-0.4, -0.2) is 87.3 Å². The number of carboxylic acid groups (broad SMARTS) is 1. The summed E-state index contributed by atoms with van der Waals surface area (Å²) in [5, 5.41) is 7.12. The lowest BCUT2D eigenvalue weighted by atomic mass is 9.96. The smallest absolute Gasteiger partial charge is 0.475 e. The number of nitrogens with two attached hydrogens (primary N) is 1. The highest BCUT2D eigenvalue weighted by atomic mass is 32.2. The molecule has 0 radical (unpaired) electrons. The second-order valence-electron chi connectivity index (χ2n) is 8.71. The fraction of sp³-hybridized carbons (Fsp3) is 0.500. The summed E-state index contributed by atoms with van der Waals surface area (Å²) in [6.07, 6.45) is -4.86. The van der Waals surface area contributed by atoms with E-state index in [9.17, 15) is 34.4 Å². The molecule has 4 rings (SSSR count). The fourth-order valence-corrected chi connectivity index (χ4v) is 9.06. The standard InChI is InChI=1S/C20H26FN3O5S3.C2HF3O2/c21-19-4-2-1-3-18(19)15-11-16(14-31(25,26)20-6-5-17(12-22)30-20)24(13-15)32(27,28)23-7-9-29-10-8-23;3-2(4,5)1(6)7/h1-6,15-16H,7-14,22H2;(H,6,7)/t15-,16-;/m1./s1. The summed E-state index contributed by atoms with van der Waals surface area (Å²) in [5.74, 6) is -3.98. The van der Waals surface area contributed by atoms with E-state index < -0.39 is 50.0 Å². The topological polar surface area (TPSA) is 147 Å². The lowest BCUT2D eigenvalue weighted by Crippen LogP contribution is -2.51. The average Bonchev–Trinajstić information content (AvgIpc) is 3.53. The van der Waals surface area contributed by atoms with Gasteiger partial charge in [0.1, 0.15) is 10.0 Å². The number of alkyl halides is 3. The minimum Gasteiger partial charge on any atom is -0.475 e. The minimum atomic E-state index is -5.08. The molecule has 3 heterocycles. The van der Waals surface area contributed by atoms with E-state index in [1.54, 1.807) is 24.3 Å². The normalized spacial score (nSPS) is 21.4. The SMILES string of the molecule is NCc1ccc(S(=O)(=O)C[C@H]2C[C@@H](c3ccccc3F)CN2S(=O)(=O)N2CCOCC2)s1.O=C(O)C(F)(F)F. The van der Waals surface area contributed by atoms with Crippen molar-refractivity contribution in [2.75, 3.05) is 38.6 Å². The Labute approximate surface area is 227 Å². The summed E-state index contributed by atoms with van der Waals surface area (Å²) < 4.78 is 107. The number of sulfone groups is 1. The number of rotatable bonds is 7. The predicted molar refractivity (Wildman–Crippen MR) is 134 cm³/mol. The van der Waals surface area contributed by atoms with Crippen LogP contribution in [0.3, 0.4) is 0 Å². The van der Waals surface area contributed by atoms with Crippen LogP contribution in [0.2, 0.25) is 0 Å². The molecule has 0 unspecified atom stereocenters. The highest BCUT2D eigenvalue weighted by Crippen LogP contribution is 2.37. The van der Waals surface area contributed by atoms with E-state index >= 15 is 0 Å². The van der Waals surface area contributed by atoms with Crippen LogP contribution in [0.5, 0.6) is 0 Å². The predicted octanol–water partition coefficient (Wildman–Crippen LogP) is 2.19. The number of carbonyl (C=O) groups is 1. The van der Waals surface area contributed by atoms with E-state index in [4.69, 9.17) is 20.4 Å². The monoisotopic (exact) mass is 617 g/mol. The third kappa shape index (κ3) is 7.74. The van der Waals surface area contributed by atoms with Crippen LogP contribution >= 0.6 is 11.3 Å². The van der Waals surface area contributed by atoms with Crippen molar-refractivity contribution in [1.29, 1.82) is 0 Å². The molecule has 2 atom stereocenters. The first-order valence-electron chi connectivity index (χ1n) is 11.6. The average molecular weight is 618 g/mol. The van der Waals surface area contributed by atoms with Crippen molar-refractivity contribution in [3.05, 3.63) is 52.7 Å². The zero-order valence-electron chi connectivity index (χ0n) is 20.4. The van der Waals surface area contributed by atoms with Crippen molar-refractivity contribution < 1.29 is 49.0 Å². The third-order valence-corrected chi connectivity index (χ3v) is 11.6. The number of hydrogen-bond acceptors (Lipinski definition) is 8. The van der Waals surface area contributed by atoms with Crippen LogP contribution in [0.1, 0.15) is 22.8 Å². The van der Waals surface area contributed by atoms with Gasteiger partial charge in [-0.25, -0.2) is 17.6 Å². The summed E-state index contributed by atoms with van der Waals surface area (Å²) in [7, 11) is -7.69. The van der Waals surface area contributed by atoms with E-state index in [0.29, 0.717) is 5.56 Å². The largest absolute Gasteiger partial charge is 0.490 e. The number of halogens is 4. The second kappa shape index (κ2) is 12.6. The van der Waals surface area contributed by atoms with E-state index in [1.165, 1.54) is 20.7 Å². The number of aliphatic carboxylic acids is 1. The quantitative estimate of drug-likeness (QED) is 0.450. The molecule has 2 aliphatic heterocycles. The van der Waals surface area contributed by atoms with Gasteiger partial charge in [-0.1, -0.05) is 18.2 Å². The molecule has 2 aliphatic rings. The Kier molecular flexibility index (Phi) is 10.1. The summed E-state index contributed by atoms with van der Waals surface area (Å²) in [6.45, 7) is 1.23. The van der Waals surface area contributed by atoms with Gasteiger partial charge in [0.05, 0.1) is 19.0 Å². The van der Waals surface area contributed by atoms with Crippen LogP contribution in [0.15, 0.2) is 40.6 Å². The number of nitrogens with zero attached hydrogens (tertiary/aromatic N) is 2. The Balaban J connectivity index is 0.000000532. The van der Waals surface area contributed by atoms with Gasteiger partial charge in [-0.3, -0.25) is 0 Å². The van der Waals surface area contributed by atoms with Gasteiger partial charge >= 0.3 is 12.1 Å². The van der Waals surface area contributed by atoms with Crippen LogP contribution in [0, 0.1) is 5.82 Å². The number of ether oxygens (including phenoxy) is 1. The maximum atomic E-state index is 14.5. The number of benzene rings is 1. The Hall–Kier alpha value is -2.15. The molecule has 10 nitrogen and oxygen atoms in total. The molecule has 0 bridgehead atoms. The van der Waals surface area contributed by atoms with Crippen LogP contribution < -0.4 is 5.73 Å². The molecule has 39 heavy (non-hydrogen) atoms. The van der Waals surface area contributed by atoms with E-state index in [1.807, 2.05) is 0 Å². The highest BCUT2D eigenvalue weighted by Gasteiger charge is 2.45. The molecule has 1 aromatic carbocycles. The molecule has 17 heteroatoms. The molecule has 0 amide bonds. The molecular weight excluding hydrogens is 590 g/mol. The van der Waals surface area contributed by atoms with Crippen molar-refractivity contribution in [3.8, 4) is 0 Å². The van der Waals surface area contributed by atoms with Gasteiger partial charge in [-0.15, -0.1) is 11.3 Å². The van der Waals surface area contributed by atoms with Gasteiger partial charge in [-0.2, -0.15) is 30.2 Å². The van der Waals surface area contributed by atoms with Gasteiger partial charge in [0, 0.05) is 43.0 Å². The second-order valence-corrected chi connectivity index (χ2v) is 14.0. The number of hydrogen-bond donors (Lipinski definition) is 2. The Morgan fingerprint density at radius 1 is 1.10 bits per heavy atom. The van der Waals surface area contributed by atoms with Gasteiger partial charge in [0.25, 0.3) is 10.2 Å². The molecule has 0 aliphatic carbocycles. The van der Waals surface area contributed by atoms with Gasteiger partial charge in [0.15, 0.2) is 9.84 Å². The lowest BCUT2D eigenvalue weighted by molar-refractivity contribution is -0.192. The Morgan fingerprint density at radius 2 is 1.72 bits per heavy atom. The molecule has 2 saturated heterocycles. The molecule has 2 fully saturated rings. The summed E-state index contributed by atoms with van der Waals surface area (Å²) in [5.41, 5.74) is 6.00. The number of thiophene rings is 1. The van der Waals surface area contributed by atoms with E-state index in [2.05, 4.69) is 0 Å². The van der Waals surface area contributed by atoms with Crippen molar-refractivity contribution >= 4 is 37.4 Å². The van der Waals surface area contributed by atoms with E-state index in [-0.39, 0.29) is 55.8 Å². The van der Waals surface area contributed by atoms with Crippen LogP contribution in [0.25, 0.3) is 0 Å². The van der Waals surface area contributed by atoms with Crippen LogP contribution in [-0.2, 0) is 36.1 Å². The zero-order chi connectivity index (χ0) is 29.0. The van der Waals surface area contributed by atoms with Gasteiger partial charge in [0.2, 0.25) is 0 Å². The summed E-state index contributed by atoms with van der Waals surface area (Å²) in [6, 6.07) is 8.60. The van der Waals surface area contributed by atoms with Gasteiger partial charge in [-0.05, 0) is 30.2 Å². The minimum absolute atomic E-state index is 0.0271. The van der Waals surface area contributed by atoms with Crippen molar-refractivity contribution in [3.63, 3.8) is 0 Å². The first-order chi connectivity index (χ1) is 18.2. The zero-order valence-corrected chi connectivity index (χ0v) is 22.8. The van der Waals surface area contributed by atoms with Crippen molar-refractivity contribution in [2.45, 2.75) is 35.3 Å². The maximum Gasteiger partial charge on any atom is 0.490 e. The first-order valence-corrected chi connectivity index (χ1v) is 15.4. The molecule has 0 spiro atoms. The number of carboxylic acids is 1. The summed E-state index contributed by atoms with van der Waals surface area (Å²) in [4.78, 5) is 9.63. The molecular formula is C22H27F4N3O7S3. The molecule has 3 N–H and O–H groups in total. The lowest BCUT2D eigenvalue weighted by Gasteiger charge is -2.32. The molecule has 2 aromatic rings. The third-order valence-electron chi connectivity index (χ3n) is 6.10. The van der Waals surface area contributed by atoms with Crippen molar-refractivity contribution in [2.24, 2.45) is 5.73 Å². The molecule has 1 aromatic heterocycles. The Bertz CT molecular complexity index is 1360. The highest BCUT2D eigenvalue weighted by molar-refractivity contribution is 7.93. The fourth-order valence-electron chi connectivity index (χ4n) is 4.25. The van der Waals surface area contributed by atoms with Gasteiger partial charge < -0.3 is 15.6 Å². The molecule has 218 valence electrons. The first kappa shape index (κ1) is 31.4.